The smallest absolute Gasteiger partial charge is 0.252 e. The highest BCUT2D eigenvalue weighted by molar-refractivity contribution is 6.12. The summed E-state index contributed by atoms with van der Waals surface area (Å²) >= 11 is 0. The molecule has 1 rings (SSSR count). The van der Waals surface area contributed by atoms with E-state index in [2.05, 4.69) is 76.2 Å². The van der Waals surface area contributed by atoms with Crippen LogP contribution in [0.2, 0.25) is 0 Å². The Balaban J connectivity index is 2.08. The molecular weight excluding hydrogens is 436 g/mol. The maximum absolute atomic E-state index is 12.3. The third-order valence-electron chi connectivity index (χ3n) is 5.09. The van der Waals surface area contributed by atoms with Crippen molar-refractivity contribution in [1.82, 2.24) is 10.6 Å². The van der Waals surface area contributed by atoms with E-state index in [-0.39, 0.29) is 11.8 Å². The Morgan fingerprint density at radius 1 is 1.03 bits per heavy atom. The fourth-order valence-corrected chi connectivity index (χ4v) is 3.20. The van der Waals surface area contributed by atoms with Crippen LogP contribution in [0.15, 0.2) is 70.2 Å². The first-order valence-corrected chi connectivity index (χ1v) is 12.8. The minimum absolute atomic E-state index is 0.00104. The van der Waals surface area contributed by atoms with Gasteiger partial charge in [0.2, 0.25) is 5.91 Å². The summed E-state index contributed by atoms with van der Waals surface area (Å²) in [4.78, 5) is 32.9. The van der Waals surface area contributed by atoms with Gasteiger partial charge in [-0.25, -0.2) is 0 Å². The molecule has 0 saturated heterocycles. The van der Waals surface area contributed by atoms with E-state index in [1.165, 1.54) is 0 Å². The van der Waals surface area contributed by atoms with E-state index in [1.807, 2.05) is 26.1 Å². The molecule has 1 heterocycles. The normalized spacial score (nSPS) is 14.7. The average molecular weight is 481 g/mol. The first-order chi connectivity index (χ1) is 16.9. The van der Waals surface area contributed by atoms with Crippen molar-refractivity contribution in [1.29, 1.82) is 0 Å². The molecule has 0 unspecified atom stereocenters. The lowest BCUT2D eigenvalue weighted by molar-refractivity contribution is -0.123. The van der Waals surface area contributed by atoms with Gasteiger partial charge in [-0.05, 0) is 52.4 Å². The second-order valence-corrected chi connectivity index (χ2v) is 9.04. The van der Waals surface area contributed by atoms with Gasteiger partial charge in [-0.2, -0.15) is 0 Å². The van der Waals surface area contributed by atoms with E-state index in [0.29, 0.717) is 25.1 Å². The van der Waals surface area contributed by atoms with Gasteiger partial charge in [-0.3, -0.25) is 19.6 Å². The number of hydrogen-bond acceptors (Lipinski definition) is 4. The number of amides is 2. The van der Waals surface area contributed by atoms with Gasteiger partial charge in [0.1, 0.15) is 0 Å². The molecule has 0 aromatic carbocycles. The summed E-state index contributed by atoms with van der Waals surface area (Å²) in [7, 11) is 0. The zero-order valence-corrected chi connectivity index (χ0v) is 21.8. The number of carbonyl (C=O) groups is 2. The number of dihydropyridines is 1. The number of carbonyl (C=O) groups excluding carboxylic acids is 2. The Labute approximate surface area is 212 Å². The molecule has 2 N–H and O–H groups in total. The Bertz CT molecular complexity index is 830. The molecule has 2 amide bonds. The zero-order valence-electron chi connectivity index (χ0n) is 21.8. The third kappa shape index (κ3) is 17.1. The molecule has 6 nitrogen and oxygen atoms in total. The van der Waals surface area contributed by atoms with Crippen molar-refractivity contribution in [2.45, 2.75) is 77.7 Å². The molecule has 0 aromatic heterocycles. The maximum Gasteiger partial charge on any atom is 0.252 e. The van der Waals surface area contributed by atoms with Crippen LogP contribution in [0.4, 0.5) is 0 Å². The van der Waals surface area contributed by atoms with Gasteiger partial charge in [0, 0.05) is 38.4 Å². The molecule has 1 aliphatic heterocycles. The SMILES string of the molecule is CC/C=C\C/C=C\C/C=N\C/C=C\C/C=C\CCCC(=O)NC(C)(C)CNC(=O)C1=CCCN=C1. The van der Waals surface area contributed by atoms with Crippen LogP contribution in [0, 0.1) is 0 Å². The molecule has 0 fully saturated rings. The summed E-state index contributed by atoms with van der Waals surface area (Å²) in [5.74, 6) is -0.147. The summed E-state index contributed by atoms with van der Waals surface area (Å²) in [6.07, 6.45) is 29.3. The second-order valence-electron chi connectivity index (χ2n) is 9.04. The van der Waals surface area contributed by atoms with Crippen LogP contribution in [0.25, 0.3) is 0 Å². The first kappa shape index (κ1) is 30.0. The summed E-state index contributed by atoms with van der Waals surface area (Å²) < 4.78 is 0. The molecule has 0 spiro atoms. The van der Waals surface area contributed by atoms with Crippen molar-refractivity contribution < 1.29 is 9.59 Å². The molecule has 6 heteroatoms. The Morgan fingerprint density at radius 2 is 1.74 bits per heavy atom. The Hall–Kier alpha value is -3.02. The number of allylic oxidation sites excluding steroid dienone is 7. The Kier molecular flexibility index (Phi) is 16.6. The molecule has 0 atom stereocenters. The highest BCUT2D eigenvalue weighted by atomic mass is 16.2. The monoisotopic (exact) mass is 480 g/mol. The molecule has 192 valence electrons. The number of rotatable bonds is 17. The number of hydrogen-bond donors (Lipinski definition) is 2. The summed E-state index contributed by atoms with van der Waals surface area (Å²) in [5, 5.41) is 5.89. The second kappa shape index (κ2) is 19.3. The van der Waals surface area contributed by atoms with Crippen LogP contribution in [0.1, 0.15) is 72.1 Å². The summed E-state index contributed by atoms with van der Waals surface area (Å²) in [6.45, 7) is 7.77. The van der Waals surface area contributed by atoms with Gasteiger partial charge < -0.3 is 10.6 Å². The maximum atomic E-state index is 12.3. The summed E-state index contributed by atoms with van der Waals surface area (Å²) in [5.41, 5.74) is 0.0801. The van der Waals surface area contributed by atoms with E-state index in [9.17, 15) is 9.59 Å². The molecule has 0 aromatic rings. The fraction of sp³-hybridized carbons (Fsp3) is 0.517. The fourth-order valence-electron chi connectivity index (χ4n) is 3.20. The highest BCUT2D eigenvalue weighted by Gasteiger charge is 2.21. The van der Waals surface area contributed by atoms with E-state index >= 15 is 0 Å². The predicted octanol–water partition coefficient (Wildman–Crippen LogP) is 5.44. The lowest BCUT2D eigenvalue weighted by Crippen LogP contribution is -2.51. The van der Waals surface area contributed by atoms with Crippen LogP contribution in [-0.4, -0.2) is 49.4 Å². The van der Waals surface area contributed by atoms with E-state index in [4.69, 9.17) is 0 Å². The van der Waals surface area contributed by atoms with Gasteiger partial charge in [0.25, 0.3) is 5.91 Å². The van der Waals surface area contributed by atoms with E-state index < -0.39 is 5.54 Å². The lowest BCUT2D eigenvalue weighted by atomic mass is 10.0. The summed E-state index contributed by atoms with van der Waals surface area (Å²) in [6, 6.07) is 0. The van der Waals surface area contributed by atoms with Crippen molar-refractivity contribution in [2.24, 2.45) is 9.98 Å². The number of unbranched alkanes of at least 4 members (excludes halogenated alkanes) is 1. The molecular formula is C29H44N4O2. The molecule has 0 saturated carbocycles. The number of nitrogens with zero attached hydrogens (tertiary/aromatic N) is 2. The van der Waals surface area contributed by atoms with Gasteiger partial charge in [0.05, 0.1) is 17.7 Å². The highest BCUT2D eigenvalue weighted by Crippen LogP contribution is 2.06. The van der Waals surface area contributed by atoms with Gasteiger partial charge in [0.15, 0.2) is 0 Å². The molecule has 0 aliphatic carbocycles. The number of aliphatic imine (C=N–C) groups is 2. The lowest BCUT2D eigenvalue weighted by Gasteiger charge is -2.27. The third-order valence-corrected chi connectivity index (χ3v) is 5.09. The van der Waals surface area contributed by atoms with Crippen molar-refractivity contribution in [3.63, 3.8) is 0 Å². The standard InChI is InChI=1S/C29H44N4O2/c1-4-5-6-7-10-13-16-21-30-22-17-14-11-8-9-12-15-20-27(34)33-29(2,3)25-32-28(35)26-19-18-23-31-24-26/h5-6,8-10,13-14,17,19,21,24H,4,7,11-12,15-16,18,20,22-23,25H2,1-3H3,(H,32,35)(H,33,34)/b6-5-,9-8-,13-10-,17-14-,30-21-. The van der Waals surface area contributed by atoms with Gasteiger partial charge >= 0.3 is 0 Å². The van der Waals surface area contributed by atoms with Crippen molar-refractivity contribution in [2.75, 3.05) is 19.6 Å². The van der Waals surface area contributed by atoms with Crippen LogP contribution in [0.3, 0.4) is 0 Å². The van der Waals surface area contributed by atoms with E-state index in [1.54, 1.807) is 6.21 Å². The van der Waals surface area contributed by atoms with Crippen LogP contribution in [0.5, 0.6) is 0 Å². The average Bonchev–Trinajstić information content (AvgIpc) is 2.84. The largest absolute Gasteiger partial charge is 0.350 e. The van der Waals surface area contributed by atoms with Gasteiger partial charge in [-0.15, -0.1) is 0 Å². The topological polar surface area (TPSA) is 82.9 Å². The molecule has 1 aliphatic rings. The molecule has 0 radical (unpaired) electrons. The van der Waals surface area contributed by atoms with Crippen LogP contribution < -0.4 is 10.6 Å². The first-order valence-electron chi connectivity index (χ1n) is 12.8. The minimum Gasteiger partial charge on any atom is -0.350 e. The van der Waals surface area contributed by atoms with E-state index in [0.717, 1.165) is 51.5 Å². The van der Waals surface area contributed by atoms with Crippen molar-refractivity contribution in [3.8, 4) is 0 Å². The zero-order chi connectivity index (χ0) is 25.6. The van der Waals surface area contributed by atoms with Crippen LogP contribution >= 0.6 is 0 Å². The number of nitrogens with one attached hydrogen (secondary N) is 2. The minimum atomic E-state index is -0.509. The molecule has 0 bridgehead atoms. The molecule has 35 heavy (non-hydrogen) atoms. The quantitative estimate of drug-likeness (QED) is 0.165. The van der Waals surface area contributed by atoms with Crippen molar-refractivity contribution >= 4 is 24.2 Å². The predicted molar refractivity (Wildman–Crippen MR) is 149 cm³/mol. The van der Waals surface area contributed by atoms with Crippen molar-refractivity contribution in [3.05, 3.63) is 60.3 Å². The van der Waals surface area contributed by atoms with Gasteiger partial charge in [-0.1, -0.05) is 61.6 Å². The Morgan fingerprint density at radius 3 is 2.49 bits per heavy atom. The van der Waals surface area contributed by atoms with Crippen LogP contribution in [-0.2, 0) is 9.59 Å².